The van der Waals surface area contributed by atoms with Crippen molar-refractivity contribution in [3.05, 3.63) is 59.9 Å². The van der Waals surface area contributed by atoms with E-state index < -0.39 is 23.5 Å². The number of aromatic nitrogens is 3. The van der Waals surface area contributed by atoms with Gasteiger partial charge < -0.3 is 0 Å². The van der Waals surface area contributed by atoms with Crippen molar-refractivity contribution in [1.29, 1.82) is 0 Å². The van der Waals surface area contributed by atoms with Gasteiger partial charge in [-0.3, -0.25) is 5.10 Å². The minimum atomic E-state index is -4.95. The molecule has 9 heteroatoms. The highest BCUT2D eigenvalue weighted by Crippen LogP contribution is 2.42. The molecular weight excluding hydrogens is 348 g/mol. The highest BCUT2D eigenvalue weighted by Gasteiger charge is 2.38. The predicted molar refractivity (Wildman–Crippen MR) is 77.3 cm³/mol. The van der Waals surface area contributed by atoms with E-state index in [4.69, 9.17) is 0 Å². The molecule has 3 rings (SSSR count). The molecule has 1 N–H and O–H groups in total. The number of nitrogens with zero attached hydrogens (tertiary/aromatic N) is 2. The van der Waals surface area contributed by atoms with Crippen LogP contribution in [0.2, 0.25) is 0 Å². The Morgan fingerprint density at radius 1 is 0.760 bits per heavy atom. The van der Waals surface area contributed by atoms with Crippen LogP contribution in [0.3, 0.4) is 0 Å². The molecule has 25 heavy (non-hydrogen) atoms. The fourth-order valence-corrected chi connectivity index (χ4v) is 2.45. The van der Waals surface area contributed by atoms with E-state index in [-0.39, 0.29) is 23.0 Å². The van der Waals surface area contributed by atoms with Crippen LogP contribution in [0.1, 0.15) is 11.1 Å². The zero-order valence-electron chi connectivity index (χ0n) is 12.3. The first-order chi connectivity index (χ1) is 11.7. The van der Waals surface area contributed by atoms with Crippen LogP contribution in [-0.4, -0.2) is 15.2 Å². The van der Waals surface area contributed by atoms with E-state index in [1.807, 2.05) is 0 Å². The molecular formula is C16H9F6N3. The summed E-state index contributed by atoms with van der Waals surface area (Å²) in [6.07, 6.45) is -8.64. The van der Waals surface area contributed by atoms with Gasteiger partial charge in [0.15, 0.2) is 5.82 Å². The third-order valence-corrected chi connectivity index (χ3v) is 3.54. The van der Waals surface area contributed by atoms with Crippen LogP contribution in [0.15, 0.2) is 48.8 Å². The number of halogens is 6. The molecule has 1 heterocycles. The molecule has 1 aromatic heterocycles. The first-order valence-electron chi connectivity index (χ1n) is 6.91. The lowest BCUT2D eigenvalue weighted by atomic mass is 9.93. The summed E-state index contributed by atoms with van der Waals surface area (Å²) in [4.78, 5) is 3.89. The fourth-order valence-electron chi connectivity index (χ4n) is 2.45. The number of aromatic amines is 1. The number of H-pyrrole nitrogens is 1. The van der Waals surface area contributed by atoms with Crippen LogP contribution >= 0.6 is 0 Å². The van der Waals surface area contributed by atoms with E-state index in [9.17, 15) is 26.3 Å². The Bertz CT molecular complexity index is 882. The molecule has 0 atom stereocenters. The Morgan fingerprint density at radius 3 is 2.00 bits per heavy atom. The van der Waals surface area contributed by atoms with Gasteiger partial charge in [0.2, 0.25) is 0 Å². The normalized spacial score (nSPS) is 12.4. The Balaban J connectivity index is 2.25. The number of nitrogens with one attached hydrogen (secondary N) is 1. The molecule has 0 aliphatic carbocycles. The lowest BCUT2D eigenvalue weighted by molar-refractivity contribution is -0.142. The van der Waals surface area contributed by atoms with Crippen molar-refractivity contribution in [1.82, 2.24) is 15.2 Å². The van der Waals surface area contributed by atoms with Crippen molar-refractivity contribution in [3.63, 3.8) is 0 Å². The maximum atomic E-state index is 13.4. The van der Waals surface area contributed by atoms with Crippen molar-refractivity contribution in [2.24, 2.45) is 0 Å². The quantitative estimate of drug-likeness (QED) is 0.643. The topological polar surface area (TPSA) is 41.6 Å². The first-order valence-corrected chi connectivity index (χ1v) is 6.91. The fraction of sp³-hybridized carbons (Fsp3) is 0.125. The van der Waals surface area contributed by atoms with Gasteiger partial charge in [-0.2, -0.15) is 31.4 Å². The van der Waals surface area contributed by atoms with Gasteiger partial charge in [-0.05, 0) is 23.3 Å². The Morgan fingerprint density at radius 2 is 1.44 bits per heavy atom. The SMILES string of the molecule is FC(F)(F)c1ccc(-c2ccccc2-c2ncn[nH]2)c(C(F)(F)F)c1. The van der Waals surface area contributed by atoms with Crippen molar-refractivity contribution in [3.8, 4) is 22.5 Å². The van der Waals surface area contributed by atoms with E-state index in [0.717, 1.165) is 6.07 Å². The van der Waals surface area contributed by atoms with Crippen molar-refractivity contribution in [2.75, 3.05) is 0 Å². The lowest BCUT2D eigenvalue weighted by Gasteiger charge is -2.17. The number of rotatable bonds is 2. The Kier molecular flexibility index (Phi) is 4.02. The molecule has 0 spiro atoms. The number of hydrogen-bond donors (Lipinski definition) is 1. The van der Waals surface area contributed by atoms with Gasteiger partial charge in [0.05, 0.1) is 11.1 Å². The Labute approximate surface area is 137 Å². The van der Waals surface area contributed by atoms with Crippen molar-refractivity contribution < 1.29 is 26.3 Å². The predicted octanol–water partition coefficient (Wildman–Crippen LogP) is 5.18. The number of alkyl halides is 6. The van der Waals surface area contributed by atoms with Crippen LogP contribution in [0.25, 0.3) is 22.5 Å². The van der Waals surface area contributed by atoms with Crippen LogP contribution in [-0.2, 0) is 12.4 Å². The molecule has 0 fully saturated rings. The first kappa shape index (κ1) is 17.0. The molecule has 0 unspecified atom stereocenters. The van der Waals surface area contributed by atoms with Gasteiger partial charge in [0.25, 0.3) is 0 Å². The standard InChI is InChI=1S/C16H9F6N3/c17-15(18,19)9-5-6-11(13(7-9)16(20,21)22)10-3-1-2-4-12(10)14-23-8-24-25-14/h1-8H,(H,23,24,25). The van der Waals surface area contributed by atoms with Gasteiger partial charge in [-0.1, -0.05) is 30.3 Å². The molecule has 0 bridgehead atoms. The van der Waals surface area contributed by atoms with Crippen LogP contribution in [0, 0.1) is 0 Å². The molecule has 3 nitrogen and oxygen atoms in total. The van der Waals surface area contributed by atoms with Crippen LogP contribution < -0.4 is 0 Å². The smallest absolute Gasteiger partial charge is 0.259 e. The van der Waals surface area contributed by atoms with Crippen LogP contribution in [0.4, 0.5) is 26.3 Å². The summed E-state index contributed by atoms with van der Waals surface area (Å²) in [7, 11) is 0. The molecule has 0 aliphatic heterocycles. The third kappa shape index (κ3) is 3.35. The molecule has 0 saturated carbocycles. The van der Waals surface area contributed by atoms with Gasteiger partial charge in [-0.15, -0.1) is 0 Å². The second-order valence-corrected chi connectivity index (χ2v) is 5.14. The van der Waals surface area contributed by atoms with E-state index in [0.29, 0.717) is 11.6 Å². The highest BCUT2D eigenvalue weighted by molar-refractivity contribution is 5.82. The summed E-state index contributed by atoms with van der Waals surface area (Å²) in [5, 5.41) is 6.18. The Hall–Kier alpha value is -2.84. The minimum Gasteiger partial charge on any atom is -0.259 e. The van der Waals surface area contributed by atoms with Gasteiger partial charge >= 0.3 is 12.4 Å². The van der Waals surface area contributed by atoms with Crippen molar-refractivity contribution >= 4 is 0 Å². The summed E-state index contributed by atoms with van der Waals surface area (Å²) in [6, 6.07) is 7.53. The summed E-state index contributed by atoms with van der Waals surface area (Å²) < 4.78 is 78.5. The number of benzene rings is 2. The second kappa shape index (κ2) is 5.91. The van der Waals surface area contributed by atoms with E-state index in [2.05, 4.69) is 15.2 Å². The molecule has 130 valence electrons. The monoisotopic (exact) mass is 357 g/mol. The van der Waals surface area contributed by atoms with E-state index in [1.165, 1.54) is 24.5 Å². The zero-order valence-corrected chi connectivity index (χ0v) is 12.3. The molecule has 2 aromatic carbocycles. The maximum absolute atomic E-state index is 13.4. The van der Waals surface area contributed by atoms with Gasteiger partial charge in [0.1, 0.15) is 6.33 Å². The third-order valence-electron chi connectivity index (χ3n) is 3.54. The van der Waals surface area contributed by atoms with E-state index >= 15 is 0 Å². The summed E-state index contributed by atoms with van der Waals surface area (Å²) in [6.45, 7) is 0. The van der Waals surface area contributed by atoms with Crippen molar-refractivity contribution in [2.45, 2.75) is 12.4 Å². The molecule has 0 aliphatic rings. The summed E-state index contributed by atoms with van der Waals surface area (Å²) in [5.41, 5.74) is -2.70. The molecule has 0 amide bonds. The summed E-state index contributed by atoms with van der Waals surface area (Å²) >= 11 is 0. The minimum absolute atomic E-state index is 0.0975. The average Bonchev–Trinajstić information content (AvgIpc) is 3.07. The summed E-state index contributed by atoms with van der Waals surface area (Å²) in [5.74, 6) is 0.212. The van der Waals surface area contributed by atoms with E-state index in [1.54, 1.807) is 6.07 Å². The second-order valence-electron chi connectivity index (χ2n) is 5.14. The largest absolute Gasteiger partial charge is 0.417 e. The molecule has 3 aromatic rings. The average molecular weight is 357 g/mol. The molecule has 0 radical (unpaired) electrons. The van der Waals surface area contributed by atoms with Gasteiger partial charge in [-0.25, -0.2) is 4.98 Å². The molecule has 0 saturated heterocycles. The van der Waals surface area contributed by atoms with Gasteiger partial charge in [0, 0.05) is 5.56 Å². The zero-order chi connectivity index (χ0) is 18.2. The highest BCUT2D eigenvalue weighted by atomic mass is 19.4. The van der Waals surface area contributed by atoms with Crippen LogP contribution in [0.5, 0.6) is 0 Å². The maximum Gasteiger partial charge on any atom is 0.417 e. The number of hydrogen-bond acceptors (Lipinski definition) is 2. The lowest BCUT2D eigenvalue weighted by Crippen LogP contribution is -2.12.